The number of imidazole rings is 1. The van der Waals surface area contributed by atoms with E-state index in [0.29, 0.717) is 22.8 Å². The normalized spacial score (nSPS) is 10.7. The van der Waals surface area contributed by atoms with Crippen LogP contribution in [0.5, 0.6) is 11.6 Å². The maximum Gasteiger partial charge on any atom is 0.250 e. The fourth-order valence-corrected chi connectivity index (χ4v) is 1.83. The van der Waals surface area contributed by atoms with Gasteiger partial charge in [-0.15, -0.1) is 0 Å². The third-order valence-electron chi connectivity index (χ3n) is 2.82. The van der Waals surface area contributed by atoms with Crippen LogP contribution in [0.25, 0.3) is 11.2 Å². The Hall–Kier alpha value is -2.83. The first kappa shape index (κ1) is 12.2. The molecule has 7 heteroatoms. The van der Waals surface area contributed by atoms with Gasteiger partial charge in [0.2, 0.25) is 5.95 Å². The number of hydrogen-bond acceptors (Lipinski definition) is 6. The van der Waals surface area contributed by atoms with E-state index in [-0.39, 0.29) is 5.95 Å². The Labute approximate surface area is 115 Å². The monoisotopic (exact) mass is 270 g/mol. The highest BCUT2D eigenvalue weighted by molar-refractivity contribution is 5.77. The number of nitrogens with zero attached hydrogens (tertiary/aromatic N) is 4. The molecular weight excluding hydrogens is 256 g/mol. The van der Waals surface area contributed by atoms with Gasteiger partial charge in [-0.05, 0) is 12.1 Å². The molecule has 0 amide bonds. The summed E-state index contributed by atoms with van der Waals surface area (Å²) in [6.45, 7) is 0. The van der Waals surface area contributed by atoms with Crippen molar-refractivity contribution < 1.29 is 4.74 Å². The molecule has 20 heavy (non-hydrogen) atoms. The van der Waals surface area contributed by atoms with E-state index in [9.17, 15) is 0 Å². The van der Waals surface area contributed by atoms with Gasteiger partial charge in [-0.25, -0.2) is 4.98 Å². The summed E-state index contributed by atoms with van der Waals surface area (Å²) in [5.74, 6) is 1.16. The molecule has 0 aliphatic carbocycles. The van der Waals surface area contributed by atoms with Crippen molar-refractivity contribution in [3.05, 3.63) is 30.6 Å². The number of nitrogens with two attached hydrogens (primary N) is 1. The van der Waals surface area contributed by atoms with Gasteiger partial charge in [0.25, 0.3) is 5.88 Å². The number of aromatic amines is 1. The van der Waals surface area contributed by atoms with Gasteiger partial charge in [-0.1, -0.05) is 6.07 Å². The van der Waals surface area contributed by atoms with Gasteiger partial charge >= 0.3 is 0 Å². The second-order valence-electron chi connectivity index (χ2n) is 4.48. The lowest BCUT2D eigenvalue weighted by Gasteiger charge is -2.13. The molecule has 0 spiro atoms. The lowest BCUT2D eigenvalue weighted by Crippen LogP contribution is -2.08. The average molecular weight is 270 g/mol. The van der Waals surface area contributed by atoms with Crippen LogP contribution in [-0.4, -0.2) is 34.0 Å². The van der Waals surface area contributed by atoms with Crippen molar-refractivity contribution in [2.75, 3.05) is 24.7 Å². The van der Waals surface area contributed by atoms with Gasteiger partial charge in [0.1, 0.15) is 11.3 Å². The van der Waals surface area contributed by atoms with Crippen LogP contribution in [-0.2, 0) is 0 Å². The molecule has 0 aliphatic rings. The molecule has 3 aromatic rings. The number of rotatable bonds is 3. The van der Waals surface area contributed by atoms with Crippen molar-refractivity contribution in [1.29, 1.82) is 0 Å². The maximum absolute atomic E-state index is 5.79. The lowest BCUT2D eigenvalue weighted by molar-refractivity contribution is 0.468. The second kappa shape index (κ2) is 4.69. The number of benzene rings is 1. The van der Waals surface area contributed by atoms with E-state index >= 15 is 0 Å². The minimum absolute atomic E-state index is 0.128. The zero-order chi connectivity index (χ0) is 14.1. The highest BCUT2D eigenvalue weighted by Crippen LogP contribution is 2.28. The molecule has 0 aliphatic heterocycles. The van der Waals surface area contributed by atoms with Gasteiger partial charge in [0.15, 0.2) is 5.65 Å². The van der Waals surface area contributed by atoms with Crippen LogP contribution in [0.1, 0.15) is 0 Å². The van der Waals surface area contributed by atoms with E-state index in [1.165, 1.54) is 6.33 Å². The predicted molar refractivity (Wildman–Crippen MR) is 76.9 cm³/mol. The Morgan fingerprint density at radius 3 is 2.90 bits per heavy atom. The molecule has 2 aromatic heterocycles. The number of nitrogens with one attached hydrogen (secondary N) is 1. The molecule has 0 saturated heterocycles. The number of fused-ring (bicyclic) bond motifs is 1. The largest absolute Gasteiger partial charge is 0.437 e. The molecule has 102 valence electrons. The van der Waals surface area contributed by atoms with E-state index in [4.69, 9.17) is 10.5 Å². The molecule has 0 bridgehead atoms. The first-order chi connectivity index (χ1) is 9.63. The fourth-order valence-electron chi connectivity index (χ4n) is 1.83. The topological polar surface area (TPSA) is 92.9 Å². The summed E-state index contributed by atoms with van der Waals surface area (Å²) in [6.07, 6.45) is 1.53. The molecule has 0 atom stereocenters. The zero-order valence-corrected chi connectivity index (χ0v) is 11.2. The van der Waals surface area contributed by atoms with Gasteiger partial charge in [-0.2, -0.15) is 9.97 Å². The Morgan fingerprint density at radius 1 is 1.25 bits per heavy atom. The van der Waals surface area contributed by atoms with Gasteiger partial charge in [0.05, 0.1) is 6.33 Å². The molecular formula is C13H14N6O. The third-order valence-corrected chi connectivity index (χ3v) is 2.82. The first-order valence-corrected chi connectivity index (χ1v) is 6.05. The Bertz CT molecular complexity index is 751. The molecule has 3 N–H and O–H groups in total. The minimum Gasteiger partial charge on any atom is -0.437 e. The fraction of sp³-hybridized carbons (Fsp3) is 0.154. The summed E-state index contributed by atoms with van der Waals surface area (Å²) in [4.78, 5) is 17.1. The van der Waals surface area contributed by atoms with E-state index in [1.54, 1.807) is 0 Å². The molecule has 0 radical (unpaired) electrons. The maximum atomic E-state index is 5.79. The summed E-state index contributed by atoms with van der Waals surface area (Å²) < 4.78 is 5.79. The Kier molecular flexibility index (Phi) is 2.86. The van der Waals surface area contributed by atoms with E-state index in [1.807, 2.05) is 43.3 Å². The van der Waals surface area contributed by atoms with Gasteiger partial charge < -0.3 is 20.4 Å². The van der Waals surface area contributed by atoms with Crippen molar-refractivity contribution in [2.24, 2.45) is 0 Å². The summed E-state index contributed by atoms with van der Waals surface area (Å²) in [5, 5.41) is 0. The average Bonchev–Trinajstić information content (AvgIpc) is 2.87. The second-order valence-corrected chi connectivity index (χ2v) is 4.48. The highest BCUT2D eigenvalue weighted by atomic mass is 16.5. The van der Waals surface area contributed by atoms with E-state index < -0.39 is 0 Å². The van der Waals surface area contributed by atoms with Crippen LogP contribution in [0.3, 0.4) is 0 Å². The van der Waals surface area contributed by atoms with Crippen molar-refractivity contribution in [3.63, 3.8) is 0 Å². The van der Waals surface area contributed by atoms with Crippen LogP contribution in [0.2, 0.25) is 0 Å². The SMILES string of the molecule is CN(C)c1cccc(Oc2nc(N)nc3nc[nH]c23)c1. The first-order valence-electron chi connectivity index (χ1n) is 6.05. The molecule has 1 aromatic carbocycles. The van der Waals surface area contributed by atoms with Crippen LogP contribution in [0.4, 0.5) is 11.6 Å². The van der Waals surface area contributed by atoms with Crippen LogP contribution in [0, 0.1) is 0 Å². The number of anilines is 2. The Morgan fingerprint density at radius 2 is 2.10 bits per heavy atom. The lowest BCUT2D eigenvalue weighted by atomic mass is 10.3. The number of aromatic nitrogens is 4. The number of H-pyrrole nitrogens is 1. The summed E-state index contributed by atoms with van der Waals surface area (Å²) in [7, 11) is 3.93. The van der Waals surface area contributed by atoms with Crippen molar-refractivity contribution in [1.82, 2.24) is 19.9 Å². The van der Waals surface area contributed by atoms with E-state index in [0.717, 1.165) is 5.69 Å². The molecule has 0 unspecified atom stereocenters. The number of hydrogen-bond donors (Lipinski definition) is 2. The quantitative estimate of drug-likeness (QED) is 0.753. The van der Waals surface area contributed by atoms with Gasteiger partial charge in [0, 0.05) is 25.8 Å². The molecule has 0 saturated carbocycles. The molecule has 2 heterocycles. The van der Waals surface area contributed by atoms with Crippen molar-refractivity contribution >= 4 is 22.8 Å². The van der Waals surface area contributed by atoms with Gasteiger partial charge in [-0.3, -0.25) is 0 Å². The standard InChI is InChI=1S/C13H14N6O/c1-19(2)8-4-3-5-9(6-8)20-12-10-11(16-7-15-10)17-13(14)18-12/h3-7H,1-2H3,(H3,14,15,16,17,18). The van der Waals surface area contributed by atoms with Crippen LogP contribution < -0.4 is 15.4 Å². The molecule has 0 fully saturated rings. The van der Waals surface area contributed by atoms with Crippen molar-refractivity contribution in [2.45, 2.75) is 0 Å². The minimum atomic E-state index is 0.128. The summed E-state index contributed by atoms with van der Waals surface area (Å²) in [6, 6.07) is 7.68. The van der Waals surface area contributed by atoms with Crippen molar-refractivity contribution in [3.8, 4) is 11.6 Å². The molecule has 7 nitrogen and oxygen atoms in total. The van der Waals surface area contributed by atoms with Crippen LogP contribution >= 0.6 is 0 Å². The highest BCUT2D eigenvalue weighted by Gasteiger charge is 2.11. The predicted octanol–water partition coefficient (Wildman–Crippen LogP) is 1.79. The smallest absolute Gasteiger partial charge is 0.250 e. The third kappa shape index (κ3) is 2.20. The number of ether oxygens (including phenoxy) is 1. The Balaban J connectivity index is 2.00. The van der Waals surface area contributed by atoms with Crippen LogP contribution in [0.15, 0.2) is 30.6 Å². The zero-order valence-electron chi connectivity index (χ0n) is 11.2. The number of nitrogen functional groups attached to an aromatic ring is 1. The molecule has 3 rings (SSSR count). The van der Waals surface area contributed by atoms with E-state index in [2.05, 4.69) is 19.9 Å². The summed E-state index contributed by atoms with van der Waals surface area (Å²) in [5.41, 5.74) is 7.79. The summed E-state index contributed by atoms with van der Waals surface area (Å²) >= 11 is 0.